The fraction of sp³-hybridized carbons (Fsp3) is 0.385. The van der Waals surface area contributed by atoms with E-state index in [1.807, 2.05) is 6.07 Å². The zero-order valence-electron chi connectivity index (χ0n) is 11.5. The summed E-state index contributed by atoms with van der Waals surface area (Å²) in [5.41, 5.74) is 0.668. The van der Waals surface area contributed by atoms with E-state index in [-0.39, 0.29) is 28.7 Å². The molecule has 9 heteroatoms. The van der Waals surface area contributed by atoms with Gasteiger partial charge in [0.25, 0.3) is 0 Å². The predicted octanol–water partition coefficient (Wildman–Crippen LogP) is 2.72. The number of benzene rings is 1. The lowest BCUT2D eigenvalue weighted by atomic mass is 10.2. The van der Waals surface area contributed by atoms with E-state index in [0.717, 1.165) is 4.47 Å². The van der Waals surface area contributed by atoms with E-state index in [0.29, 0.717) is 15.9 Å². The van der Waals surface area contributed by atoms with Gasteiger partial charge in [0.05, 0.1) is 28.3 Å². The highest BCUT2D eigenvalue weighted by Gasteiger charge is 2.49. The SMILES string of the molecule is CC(=O)N=C1S[C@@H]2CS(=O)(=O)C[C@@H]2N1c1ccc(Br)cc1Cl. The summed E-state index contributed by atoms with van der Waals surface area (Å²) in [6.07, 6.45) is 0. The van der Waals surface area contributed by atoms with Crippen LogP contribution in [-0.2, 0) is 14.6 Å². The van der Waals surface area contributed by atoms with Crippen LogP contribution in [-0.4, -0.2) is 42.3 Å². The summed E-state index contributed by atoms with van der Waals surface area (Å²) in [4.78, 5) is 17.2. The van der Waals surface area contributed by atoms with E-state index < -0.39 is 9.84 Å². The summed E-state index contributed by atoms with van der Waals surface area (Å²) >= 11 is 11.0. The van der Waals surface area contributed by atoms with E-state index in [1.165, 1.54) is 18.7 Å². The molecule has 5 nitrogen and oxygen atoms in total. The van der Waals surface area contributed by atoms with Gasteiger partial charge in [-0.05, 0) is 18.2 Å². The average Bonchev–Trinajstić information content (AvgIpc) is 2.81. The first-order valence-corrected chi connectivity index (χ1v) is 10.3. The number of hydrogen-bond acceptors (Lipinski definition) is 4. The molecule has 0 aliphatic carbocycles. The minimum atomic E-state index is -3.07. The number of nitrogens with zero attached hydrogens (tertiary/aromatic N) is 2. The van der Waals surface area contributed by atoms with Crippen LogP contribution >= 0.6 is 39.3 Å². The molecular weight excluding hydrogens is 412 g/mol. The maximum atomic E-state index is 11.9. The number of amides is 1. The van der Waals surface area contributed by atoms with Crippen molar-refractivity contribution in [3.05, 3.63) is 27.7 Å². The highest BCUT2D eigenvalue weighted by molar-refractivity contribution is 9.10. The lowest BCUT2D eigenvalue weighted by Gasteiger charge is -2.25. The molecule has 2 aliphatic heterocycles. The van der Waals surface area contributed by atoms with E-state index >= 15 is 0 Å². The van der Waals surface area contributed by atoms with Gasteiger partial charge in [0, 0.05) is 16.6 Å². The lowest BCUT2D eigenvalue weighted by Crippen LogP contribution is -2.37. The van der Waals surface area contributed by atoms with Crippen molar-refractivity contribution in [1.29, 1.82) is 0 Å². The van der Waals surface area contributed by atoms with Gasteiger partial charge in [0.15, 0.2) is 15.0 Å². The Morgan fingerprint density at radius 1 is 1.45 bits per heavy atom. The maximum Gasteiger partial charge on any atom is 0.244 e. The molecule has 0 unspecified atom stereocenters. The molecule has 2 heterocycles. The standard InChI is InChI=1S/C13H12BrClN2O3S2/c1-7(18)16-13-17(10-3-2-8(14)4-9(10)15)11-5-22(19,20)6-12(11)21-13/h2-4,11-12H,5-6H2,1H3/t11-,12+/m0/s1. The van der Waals surface area contributed by atoms with Crippen LogP contribution in [0, 0.1) is 0 Å². The number of fused-ring (bicyclic) bond motifs is 1. The largest absolute Gasteiger partial charge is 0.314 e. The van der Waals surface area contributed by atoms with Crippen molar-refractivity contribution in [3.8, 4) is 0 Å². The Morgan fingerprint density at radius 3 is 2.82 bits per heavy atom. The van der Waals surface area contributed by atoms with Crippen molar-refractivity contribution in [3.63, 3.8) is 0 Å². The van der Waals surface area contributed by atoms with Crippen LogP contribution < -0.4 is 4.90 Å². The normalized spacial score (nSPS) is 28.1. The third kappa shape index (κ3) is 3.06. The molecule has 0 bridgehead atoms. The monoisotopic (exact) mass is 422 g/mol. The molecule has 3 rings (SSSR count). The Kier molecular flexibility index (Phi) is 4.30. The first-order chi connectivity index (χ1) is 10.3. The van der Waals surface area contributed by atoms with Crippen LogP contribution in [0.5, 0.6) is 0 Å². The van der Waals surface area contributed by atoms with Crippen LogP contribution in [0.1, 0.15) is 6.92 Å². The topological polar surface area (TPSA) is 66.8 Å². The van der Waals surface area contributed by atoms with E-state index in [1.54, 1.807) is 17.0 Å². The highest BCUT2D eigenvalue weighted by atomic mass is 79.9. The van der Waals surface area contributed by atoms with E-state index in [9.17, 15) is 13.2 Å². The molecule has 0 saturated carbocycles. The van der Waals surface area contributed by atoms with Crippen molar-refractivity contribution in [2.24, 2.45) is 4.99 Å². The molecular formula is C13H12BrClN2O3S2. The first-order valence-electron chi connectivity index (χ1n) is 6.47. The molecule has 2 aliphatic rings. The van der Waals surface area contributed by atoms with Gasteiger partial charge in [0.1, 0.15) is 0 Å². The highest BCUT2D eigenvalue weighted by Crippen LogP contribution is 2.43. The number of sulfone groups is 1. The molecule has 2 fully saturated rings. The Morgan fingerprint density at radius 2 is 2.18 bits per heavy atom. The average molecular weight is 424 g/mol. The minimum absolute atomic E-state index is 0.0496. The van der Waals surface area contributed by atoms with Gasteiger partial charge in [-0.15, -0.1) is 0 Å². The van der Waals surface area contributed by atoms with Crippen LogP contribution in [0.3, 0.4) is 0 Å². The Labute approximate surface area is 146 Å². The molecule has 118 valence electrons. The van der Waals surface area contributed by atoms with Crippen molar-refractivity contribution in [1.82, 2.24) is 0 Å². The maximum absolute atomic E-state index is 11.9. The van der Waals surface area contributed by atoms with Gasteiger partial charge < -0.3 is 4.90 Å². The fourth-order valence-electron chi connectivity index (χ4n) is 2.66. The molecule has 2 saturated heterocycles. The third-order valence-electron chi connectivity index (χ3n) is 3.49. The van der Waals surface area contributed by atoms with E-state index in [2.05, 4.69) is 20.9 Å². The summed E-state index contributed by atoms with van der Waals surface area (Å²) in [7, 11) is -3.07. The van der Waals surface area contributed by atoms with Gasteiger partial charge in [0.2, 0.25) is 5.91 Å². The summed E-state index contributed by atoms with van der Waals surface area (Å²) in [5.74, 6) is -0.165. The Balaban J connectivity index is 2.08. The molecule has 0 aromatic heterocycles. The molecule has 1 amide bonds. The summed E-state index contributed by atoms with van der Waals surface area (Å²) < 4.78 is 24.6. The minimum Gasteiger partial charge on any atom is -0.314 e. The predicted molar refractivity (Wildman–Crippen MR) is 93.6 cm³/mol. The fourth-order valence-corrected chi connectivity index (χ4v) is 7.37. The zero-order valence-corrected chi connectivity index (χ0v) is 15.5. The van der Waals surface area contributed by atoms with Crippen molar-refractivity contribution < 1.29 is 13.2 Å². The van der Waals surface area contributed by atoms with Crippen LogP contribution in [0.4, 0.5) is 5.69 Å². The second kappa shape index (κ2) is 5.81. The molecule has 1 aromatic rings. The smallest absolute Gasteiger partial charge is 0.244 e. The summed E-state index contributed by atoms with van der Waals surface area (Å²) in [6.45, 7) is 1.37. The van der Waals surface area contributed by atoms with E-state index in [4.69, 9.17) is 11.6 Å². The molecule has 0 radical (unpaired) electrons. The lowest BCUT2D eigenvalue weighted by molar-refractivity contribution is -0.115. The number of halogens is 2. The summed E-state index contributed by atoms with van der Waals surface area (Å²) in [6, 6.07) is 5.13. The van der Waals surface area contributed by atoms with Crippen molar-refractivity contribution >= 4 is 65.9 Å². The number of amidine groups is 1. The van der Waals surface area contributed by atoms with Crippen LogP contribution in [0.15, 0.2) is 27.7 Å². The molecule has 1 aromatic carbocycles. The van der Waals surface area contributed by atoms with Gasteiger partial charge in [-0.1, -0.05) is 39.3 Å². The quantitative estimate of drug-likeness (QED) is 0.695. The number of carbonyl (C=O) groups is 1. The molecule has 0 N–H and O–H groups in total. The molecule has 22 heavy (non-hydrogen) atoms. The number of anilines is 1. The molecule has 0 spiro atoms. The molecule has 2 atom stereocenters. The second-order valence-corrected chi connectivity index (χ2v) is 9.86. The van der Waals surface area contributed by atoms with Crippen LogP contribution in [0.25, 0.3) is 0 Å². The number of rotatable bonds is 1. The second-order valence-electron chi connectivity index (χ2n) is 5.18. The number of hydrogen-bond donors (Lipinski definition) is 0. The van der Waals surface area contributed by atoms with Crippen molar-refractivity contribution in [2.45, 2.75) is 18.2 Å². The zero-order chi connectivity index (χ0) is 16.1. The number of thioether (sulfide) groups is 1. The van der Waals surface area contributed by atoms with Crippen LogP contribution in [0.2, 0.25) is 5.02 Å². The van der Waals surface area contributed by atoms with Gasteiger partial charge in [-0.3, -0.25) is 4.79 Å². The van der Waals surface area contributed by atoms with Gasteiger partial charge >= 0.3 is 0 Å². The Bertz CT molecular complexity index is 781. The summed E-state index contributed by atoms with van der Waals surface area (Å²) in [5, 5.41) is 0.876. The number of aliphatic imine (C=N–C) groups is 1. The van der Waals surface area contributed by atoms with Gasteiger partial charge in [-0.2, -0.15) is 4.99 Å². The van der Waals surface area contributed by atoms with Gasteiger partial charge in [-0.25, -0.2) is 8.42 Å². The van der Waals surface area contributed by atoms with Crippen molar-refractivity contribution in [2.75, 3.05) is 16.4 Å². The third-order valence-corrected chi connectivity index (χ3v) is 7.49. The Hall–Kier alpha value is -0.570. The first kappa shape index (κ1) is 16.3. The number of carbonyl (C=O) groups excluding carboxylic acids is 1.